The van der Waals surface area contributed by atoms with Crippen LogP contribution in [0.1, 0.15) is 25.3 Å². The first-order valence-electron chi connectivity index (χ1n) is 7.19. The highest BCUT2D eigenvalue weighted by molar-refractivity contribution is 7.07. The number of Topliss-reactive ketones (excluding diaryl/α,β-unsaturated/α-hetero) is 1. The van der Waals surface area contributed by atoms with Crippen LogP contribution in [0.5, 0.6) is 11.5 Å². The number of aromatic hydroxyl groups is 1. The van der Waals surface area contributed by atoms with Gasteiger partial charge in [-0.2, -0.15) is 0 Å². The number of para-hydroxylation sites is 1. The first kappa shape index (κ1) is 17.0. The van der Waals surface area contributed by atoms with Crippen molar-refractivity contribution < 1.29 is 14.6 Å². The van der Waals surface area contributed by atoms with Crippen molar-refractivity contribution in [2.24, 2.45) is 0 Å². The number of phenolic OH excluding ortho intramolecular Hbond substituents is 1. The Balaban J connectivity index is 2.40. The third kappa shape index (κ3) is 3.90. The first-order valence-corrected chi connectivity index (χ1v) is 8.01. The smallest absolute Gasteiger partial charge is 0.269 e. The number of ether oxygens (including phenoxy) is 1. The molecule has 0 unspecified atom stereocenters. The summed E-state index contributed by atoms with van der Waals surface area (Å²) in [5.41, 5.74) is 0.351. The summed E-state index contributed by atoms with van der Waals surface area (Å²) in [5, 5.41) is 10.1. The minimum atomic E-state index is -0.161. The lowest BCUT2D eigenvalue weighted by molar-refractivity contribution is -0.117. The summed E-state index contributed by atoms with van der Waals surface area (Å²) in [4.78, 5) is 23.4. The Morgan fingerprint density at radius 3 is 2.87 bits per heavy atom. The molecule has 5 nitrogen and oxygen atoms in total. The molecular weight excluding hydrogens is 314 g/mol. The first-order chi connectivity index (χ1) is 10.9. The van der Waals surface area contributed by atoms with Crippen molar-refractivity contribution in [2.75, 3.05) is 7.11 Å². The summed E-state index contributed by atoms with van der Waals surface area (Å²) >= 11 is 1.26. The number of aromatic nitrogens is 1. The summed E-state index contributed by atoms with van der Waals surface area (Å²) in [6, 6.07) is 5.10. The van der Waals surface area contributed by atoms with Gasteiger partial charge in [0.25, 0.3) is 5.56 Å². The zero-order chi connectivity index (χ0) is 17.0. The van der Waals surface area contributed by atoms with Gasteiger partial charge in [0, 0.05) is 18.5 Å². The zero-order valence-corrected chi connectivity index (χ0v) is 14.0. The van der Waals surface area contributed by atoms with Gasteiger partial charge in [0.2, 0.25) is 0 Å². The zero-order valence-electron chi connectivity index (χ0n) is 13.2. The topological polar surface area (TPSA) is 68.5 Å². The average Bonchev–Trinajstić information content (AvgIpc) is 2.76. The lowest BCUT2D eigenvalue weighted by Crippen LogP contribution is -2.31. The fraction of sp³-hybridized carbons (Fsp3) is 0.294. The molecule has 0 aliphatic carbocycles. The van der Waals surface area contributed by atoms with E-state index < -0.39 is 0 Å². The Labute approximate surface area is 137 Å². The van der Waals surface area contributed by atoms with Crippen molar-refractivity contribution in [2.45, 2.75) is 26.3 Å². The van der Waals surface area contributed by atoms with Gasteiger partial charge in [-0.25, -0.2) is 0 Å². The van der Waals surface area contributed by atoms with Crippen LogP contribution in [-0.2, 0) is 11.3 Å². The van der Waals surface area contributed by atoms with Crippen molar-refractivity contribution in [3.8, 4) is 11.5 Å². The molecule has 122 valence electrons. The van der Waals surface area contributed by atoms with Gasteiger partial charge in [0.15, 0.2) is 11.5 Å². The quantitative estimate of drug-likeness (QED) is 0.863. The molecule has 1 aromatic carbocycles. The third-order valence-corrected chi connectivity index (χ3v) is 4.40. The van der Waals surface area contributed by atoms with Crippen LogP contribution in [0, 0.1) is 0 Å². The van der Waals surface area contributed by atoms with Crippen LogP contribution in [-0.4, -0.2) is 22.6 Å². The Morgan fingerprint density at radius 2 is 2.22 bits per heavy atom. The molecule has 0 spiro atoms. The van der Waals surface area contributed by atoms with E-state index in [9.17, 15) is 14.7 Å². The number of nitrogens with zero attached hydrogens (tertiary/aromatic N) is 1. The van der Waals surface area contributed by atoms with Crippen LogP contribution in [0.3, 0.4) is 0 Å². The summed E-state index contributed by atoms with van der Waals surface area (Å²) in [5.74, 6) is 0.454. The van der Waals surface area contributed by atoms with E-state index >= 15 is 0 Å². The van der Waals surface area contributed by atoms with E-state index in [0.717, 1.165) is 0 Å². The second-order valence-corrected chi connectivity index (χ2v) is 6.28. The number of thiazole rings is 1. The SMILES string of the molecule is C=c1s/c(=C\c2cccc(OC)c2O)c(=O)n1CCCC(C)=O. The minimum Gasteiger partial charge on any atom is -0.504 e. The Morgan fingerprint density at radius 1 is 1.48 bits per heavy atom. The molecule has 0 aliphatic rings. The normalized spacial score (nSPS) is 11.7. The molecule has 0 radical (unpaired) electrons. The van der Waals surface area contributed by atoms with E-state index in [1.807, 2.05) is 0 Å². The molecule has 23 heavy (non-hydrogen) atoms. The fourth-order valence-electron chi connectivity index (χ4n) is 2.24. The molecule has 0 aliphatic heterocycles. The third-order valence-electron chi connectivity index (χ3n) is 3.43. The maximum atomic E-state index is 12.4. The number of hydrogen-bond donors (Lipinski definition) is 1. The average molecular weight is 333 g/mol. The molecule has 1 N–H and O–H groups in total. The van der Waals surface area contributed by atoms with E-state index in [1.165, 1.54) is 25.4 Å². The summed E-state index contributed by atoms with van der Waals surface area (Å²) in [7, 11) is 1.47. The molecular formula is C17H19NO4S. The predicted molar refractivity (Wildman–Crippen MR) is 91.5 cm³/mol. The number of phenols is 1. The second-order valence-electron chi connectivity index (χ2n) is 5.16. The largest absolute Gasteiger partial charge is 0.504 e. The predicted octanol–water partition coefficient (Wildman–Crippen LogP) is 1.23. The van der Waals surface area contributed by atoms with Crippen molar-refractivity contribution in [1.82, 2.24) is 4.57 Å². The van der Waals surface area contributed by atoms with Crippen molar-refractivity contribution in [3.05, 3.63) is 43.3 Å². The molecule has 0 amide bonds. The lowest BCUT2D eigenvalue weighted by atomic mass is 10.2. The number of hydrogen-bond acceptors (Lipinski definition) is 5. The Kier molecular flexibility index (Phi) is 5.39. The molecule has 6 heteroatoms. The highest BCUT2D eigenvalue weighted by atomic mass is 32.1. The van der Waals surface area contributed by atoms with Crippen LogP contribution in [0.4, 0.5) is 0 Å². The standard InChI is InChI=1S/C17H19NO4S/c1-11(19)6-5-9-18-12(2)23-15(17(18)21)10-13-7-4-8-14(22-3)16(13)20/h4,7-8,10,20H,2,5-6,9H2,1,3H3/b15-10-. The molecule has 0 saturated heterocycles. The summed E-state index contributed by atoms with van der Waals surface area (Å²) in [6.07, 6.45) is 2.68. The van der Waals surface area contributed by atoms with Gasteiger partial charge >= 0.3 is 0 Å². The molecule has 1 aromatic heterocycles. The van der Waals surface area contributed by atoms with Gasteiger partial charge in [-0.05, 0) is 25.5 Å². The number of benzene rings is 1. The van der Waals surface area contributed by atoms with Crippen molar-refractivity contribution >= 4 is 29.8 Å². The molecule has 0 saturated carbocycles. The van der Waals surface area contributed by atoms with Crippen molar-refractivity contribution in [3.63, 3.8) is 0 Å². The van der Waals surface area contributed by atoms with Gasteiger partial charge in [0.05, 0.1) is 16.3 Å². The number of carbonyl (C=O) groups excluding carboxylic acids is 1. The highest BCUT2D eigenvalue weighted by Crippen LogP contribution is 2.29. The minimum absolute atomic E-state index is 0.00320. The van der Waals surface area contributed by atoms with E-state index in [1.54, 1.807) is 28.8 Å². The monoisotopic (exact) mass is 333 g/mol. The molecule has 1 heterocycles. The Hall–Kier alpha value is -2.34. The van der Waals surface area contributed by atoms with Gasteiger partial charge in [0.1, 0.15) is 5.78 Å². The van der Waals surface area contributed by atoms with Crippen LogP contribution >= 0.6 is 11.3 Å². The van der Waals surface area contributed by atoms with E-state index in [2.05, 4.69) is 6.58 Å². The van der Waals surface area contributed by atoms with Gasteiger partial charge < -0.3 is 14.6 Å². The molecule has 0 atom stereocenters. The second kappa shape index (κ2) is 7.28. The molecule has 0 bridgehead atoms. The number of ketones is 1. The van der Waals surface area contributed by atoms with Crippen LogP contribution in [0.25, 0.3) is 12.7 Å². The number of carbonyl (C=O) groups is 1. The van der Waals surface area contributed by atoms with E-state index in [4.69, 9.17) is 4.74 Å². The van der Waals surface area contributed by atoms with Crippen LogP contribution in [0.2, 0.25) is 0 Å². The molecule has 0 fully saturated rings. The van der Waals surface area contributed by atoms with E-state index in [0.29, 0.717) is 39.9 Å². The Bertz CT molecular complexity index is 879. The summed E-state index contributed by atoms with van der Waals surface area (Å²) < 4.78 is 7.75. The van der Waals surface area contributed by atoms with E-state index in [-0.39, 0.29) is 17.1 Å². The fourth-order valence-corrected chi connectivity index (χ4v) is 3.16. The maximum absolute atomic E-state index is 12.4. The van der Waals surface area contributed by atoms with Crippen LogP contribution < -0.4 is 19.5 Å². The van der Waals surface area contributed by atoms with Crippen LogP contribution in [0.15, 0.2) is 23.0 Å². The highest BCUT2D eigenvalue weighted by Gasteiger charge is 2.08. The van der Waals surface area contributed by atoms with Gasteiger partial charge in [-0.3, -0.25) is 9.36 Å². The number of methoxy groups -OCH3 is 1. The van der Waals surface area contributed by atoms with Gasteiger partial charge in [-0.15, -0.1) is 11.3 Å². The lowest BCUT2D eigenvalue weighted by Gasteiger charge is -2.04. The number of rotatable bonds is 6. The maximum Gasteiger partial charge on any atom is 0.269 e. The van der Waals surface area contributed by atoms with Crippen molar-refractivity contribution in [1.29, 1.82) is 0 Å². The molecule has 2 rings (SSSR count). The van der Waals surface area contributed by atoms with Gasteiger partial charge in [-0.1, -0.05) is 18.7 Å². The molecule has 2 aromatic rings. The summed E-state index contributed by atoms with van der Waals surface area (Å²) in [6.45, 7) is 5.88.